The van der Waals surface area contributed by atoms with Crippen LogP contribution in [0.4, 0.5) is 13.2 Å². The van der Waals surface area contributed by atoms with Crippen molar-refractivity contribution in [3.8, 4) is 11.1 Å². The van der Waals surface area contributed by atoms with Crippen LogP contribution in [0.1, 0.15) is 5.69 Å². The van der Waals surface area contributed by atoms with Crippen molar-refractivity contribution in [2.75, 3.05) is 20.3 Å². The van der Waals surface area contributed by atoms with Gasteiger partial charge in [-0.05, 0) is 28.6 Å². The predicted molar refractivity (Wildman–Crippen MR) is 123 cm³/mol. The van der Waals surface area contributed by atoms with E-state index in [-0.39, 0.29) is 18.5 Å². The van der Waals surface area contributed by atoms with Crippen LogP contribution in [-0.2, 0) is 19.7 Å². The summed E-state index contributed by atoms with van der Waals surface area (Å²) < 4.78 is 55.0. The van der Waals surface area contributed by atoms with Gasteiger partial charge in [-0.2, -0.15) is 13.2 Å². The number of carbonyl (C=O) groups is 1. The topological polar surface area (TPSA) is 60.8 Å². The van der Waals surface area contributed by atoms with Crippen molar-refractivity contribution in [3.63, 3.8) is 0 Å². The molecule has 3 aromatic carbocycles. The lowest BCUT2D eigenvalue weighted by Crippen LogP contribution is -2.56. The molecule has 0 amide bonds. The number of aromatic nitrogens is 1. The Morgan fingerprint density at radius 2 is 1.65 bits per heavy atom. The van der Waals surface area contributed by atoms with E-state index in [2.05, 4.69) is 9.98 Å². The second kappa shape index (κ2) is 8.13. The molecule has 5 rings (SSSR count). The molecule has 5 nitrogen and oxygen atoms in total. The molecule has 0 bridgehead atoms. The number of alkyl halides is 3. The summed E-state index contributed by atoms with van der Waals surface area (Å²) in [6.45, 7) is -0.0596. The zero-order chi connectivity index (χ0) is 23.9. The Bertz CT molecular complexity index is 1430. The maximum absolute atomic E-state index is 15.0. The molecule has 0 N–H and O–H groups in total. The second-order valence-corrected chi connectivity index (χ2v) is 7.88. The molecule has 4 aromatic rings. The number of methoxy groups -OCH3 is 1. The Morgan fingerprint density at radius 1 is 0.912 bits per heavy atom. The summed E-state index contributed by atoms with van der Waals surface area (Å²) in [7, 11) is 0.914. The molecule has 0 radical (unpaired) electrons. The van der Waals surface area contributed by atoms with Crippen molar-refractivity contribution in [2.24, 2.45) is 4.99 Å². The summed E-state index contributed by atoms with van der Waals surface area (Å²) in [5.41, 5.74) is -2.02. The molecule has 8 heteroatoms. The number of aliphatic imine (C=N–C) groups is 1. The smallest absolute Gasteiger partial charge is 0.419 e. The van der Waals surface area contributed by atoms with Gasteiger partial charge < -0.3 is 9.47 Å². The summed E-state index contributed by atoms with van der Waals surface area (Å²) in [5.74, 6) is -2.30. The number of fused-ring (bicyclic) bond motifs is 3. The fraction of sp³-hybridized carbons (Fsp3) is 0.192. The van der Waals surface area contributed by atoms with E-state index >= 15 is 13.2 Å². The molecule has 1 unspecified atom stereocenters. The van der Waals surface area contributed by atoms with Gasteiger partial charge in [-0.3, -0.25) is 14.8 Å². The van der Waals surface area contributed by atoms with Gasteiger partial charge in [0.15, 0.2) is 0 Å². The van der Waals surface area contributed by atoms with Gasteiger partial charge in [0.25, 0.3) is 5.41 Å². The number of rotatable bonds is 4. The van der Waals surface area contributed by atoms with Crippen LogP contribution in [0.2, 0.25) is 0 Å². The average Bonchev–Trinajstić information content (AvgIpc) is 3.38. The quantitative estimate of drug-likeness (QED) is 0.297. The average molecular weight is 464 g/mol. The molecular weight excluding hydrogens is 445 g/mol. The number of carbonyl (C=O) groups excluding carboxylic acids is 1. The molecule has 1 atom stereocenters. The van der Waals surface area contributed by atoms with Crippen LogP contribution in [0.3, 0.4) is 0 Å². The van der Waals surface area contributed by atoms with Crippen molar-refractivity contribution in [3.05, 3.63) is 78.5 Å². The SMILES string of the molecule is COC(=O)C(C1=NCCO1)(c1nc2ccccc2c2ccc(-c3ccccc3)cc12)C(F)(F)F. The van der Waals surface area contributed by atoms with Crippen LogP contribution < -0.4 is 0 Å². The van der Waals surface area contributed by atoms with E-state index in [1.54, 1.807) is 36.4 Å². The molecule has 34 heavy (non-hydrogen) atoms. The lowest BCUT2D eigenvalue weighted by atomic mass is 9.79. The predicted octanol–water partition coefficient (Wildman–Crippen LogP) is 5.46. The lowest BCUT2D eigenvalue weighted by molar-refractivity contribution is -0.195. The fourth-order valence-electron chi connectivity index (χ4n) is 4.42. The molecule has 2 heterocycles. The summed E-state index contributed by atoms with van der Waals surface area (Å²) in [6.07, 6.45) is -5.13. The van der Waals surface area contributed by atoms with Crippen molar-refractivity contribution in [1.29, 1.82) is 0 Å². The minimum atomic E-state index is -5.13. The molecule has 0 aliphatic carbocycles. The van der Waals surface area contributed by atoms with Crippen LogP contribution in [0.25, 0.3) is 32.8 Å². The van der Waals surface area contributed by atoms with Gasteiger partial charge in [-0.1, -0.05) is 60.7 Å². The maximum Gasteiger partial charge on any atom is 0.419 e. The van der Waals surface area contributed by atoms with Gasteiger partial charge in [-0.15, -0.1) is 0 Å². The number of hydrogen-bond donors (Lipinski definition) is 0. The van der Waals surface area contributed by atoms with Crippen LogP contribution >= 0.6 is 0 Å². The number of nitrogens with zero attached hydrogens (tertiary/aromatic N) is 2. The Morgan fingerprint density at radius 3 is 2.32 bits per heavy atom. The van der Waals surface area contributed by atoms with Crippen LogP contribution in [0, 0.1) is 0 Å². The first kappa shape index (κ1) is 21.9. The monoisotopic (exact) mass is 464 g/mol. The summed E-state index contributed by atoms with van der Waals surface area (Å²) in [4.78, 5) is 21.4. The molecule has 0 saturated heterocycles. The van der Waals surface area contributed by atoms with Gasteiger partial charge in [-0.25, -0.2) is 0 Å². The van der Waals surface area contributed by atoms with Gasteiger partial charge >= 0.3 is 12.1 Å². The number of halogens is 3. The van der Waals surface area contributed by atoms with E-state index in [4.69, 9.17) is 9.47 Å². The number of esters is 1. The van der Waals surface area contributed by atoms with Gasteiger partial charge in [0.05, 0.1) is 24.9 Å². The number of para-hydroxylation sites is 1. The van der Waals surface area contributed by atoms with Crippen molar-refractivity contribution in [2.45, 2.75) is 11.6 Å². The molecule has 0 fully saturated rings. The highest BCUT2D eigenvalue weighted by Crippen LogP contribution is 2.47. The minimum absolute atomic E-state index is 0.00490. The number of benzene rings is 3. The molecule has 0 saturated carbocycles. The Kier molecular flexibility index (Phi) is 5.23. The van der Waals surface area contributed by atoms with E-state index in [0.29, 0.717) is 21.9 Å². The van der Waals surface area contributed by atoms with Crippen LogP contribution in [-0.4, -0.2) is 43.3 Å². The number of hydrogen-bond acceptors (Lipinski definition) is 5. The van der Waals surface area contributed by atoms with Gasteiger partial charge in [0.1, 0.15) is 6.61 Å². The zero-order valence-corrected chi connectivity index (χ0v) is 18.1. The lowest BCUT2D eigenvalue weighted by Gasteiger charge is -2.32. The van der Waals surface area contributed by atoms with Crippen molar-refractivity contribution >= 4 is 33.5 Å². The Balaban J connectivity index is 1.95. The third kappa shape index (κ3) is 3.21. The van der Waals surface area contributed by atoms with E-state index in [1.165, 1.54) is 0 Å². The number of pyridine rings is 1. The first-order valence-corrected chi connectivity index (χ1v) is 10.6. The normalized spacial score (nSPS) is 15.6. The first-order valence-electron chi connectivity index (χ1n) is 10.6. The fourth-order valence-corrected chi connectivity index (χ4v) is 4.42. The highest BCUT2D eigenvalue weighted by molar-refractivity contribution is 6.16. The Hall–Kier alpha value is -3.94. The highest BCUT2D eigenvalue weighted by Gasteiger charge is 2.70. The summed E-state index contributed by atoms with van der Waals surface area (Å²) in [5, 5.41) is 1.36. The molecule has 1 aromatic heterocycles. The molecule has 172 valence electrons. The zero-order valence-electron chi connectivity index (χ0n) is 18.1. The summed E-state index contributed by atoms with van der Waals surface area (Å²) >= 11 is 0. The largest absolute Gasteiger partial charge is 0.478 e. The summed E-state index contributed by atoms with van der Waals surface area (Å²) in [6, 6.07) is 21.3. The third-order valence-electron chi connectivity index (χ3n) is 5.99. The maximum atomic E-state index is 15.0. The van der Waals surface area contributed by atoms with Crippen molar-refractivity contribution < 1.29 is 27.4 Å². The Labute approximate surface area is 192 Å². The molecule has 1 aliphatic heterocycles. The number of ether oxygens (including phenoxy) is 2. The standard InChI is InChI=1S/C26H19F3N2O3/c1-33-24(32)25(26(27,28)29,23-30-13-14-34-23)22-20-15-17(16-7-3-2-4-8-16)11-12-18(20)19-9-5-6-10-21(19)31-22/h2-12,15H,13-14H2,1H3. The minimum Gasteiger partial charge on any atom is -0.478 e. The molecular formula is C26H19F3N2O3. The molecule has 1 aliphatic rings. The van der Waals surface area contributed by atoms with Crippen molar-refractivity contribution in [1.82, 2.24) is 4.98 Å². The van der Waals surface area contributed by atoms with Crippen LogP contribution in [0.15, 0.2) is 77.8 Å². The van der Waals surface area contributed by atoms with E-state index < -0.39 is 29.2 Å². The van der Waals surface area contributed by atoms with Gasteiger partial charge in [0, 0.05) is 10.8 Å². The van der Waals surface area contributed by atoms with E-state index in [0.717, 1.165) is 12.7 Å². The van der Waals surface area contributed by atoms with E-state index in [9.17, 15) is 4.79 Å². The van der Waals surface area contributed by atoms with E-state index in [1.807, 2.05) is 36.4 Å². The van der Waals surface area contributed by atoms with Crippen LogP contribution in [0.5, 0.6) is 0 Å². The van der Waals surface area contributed by atoms with Gasteiger partial charge in [0.2, 0.25) is 5.90 Å². The first-order chi connectivity index (χ1) is 16.4. The second-order valence-electron chi connectivity index (χ2n) is 7.88. The molecule has 0 spiro atoms. The third-order valence-corrected chi connectivity index (χ3v) is 5.99. The highest BCUT2D eigenvalue weighted by atomic mass is 19.4.